The van der Waals surface area contributed by atoms with E-state index in [1.54, 1.807) is 7.11 Å². The quantitative estimate of drug-likeness (QED) is 0.525. The topological polar surface area (TPSA) is 9.23 Å². The Morgan fingerprint density at radius 2 is 1.91 bits per heavy atom. The van der Waals surface area contributed by atoms with E-state index in [2.05, 4.69) is 19.2 Å². The van der Waals surface area contributed by atoms with Crippen LogP contribution in [0.15, 0.2) is 35.7 Å². The van der Waals surface area contributed by atoms with Gasteiger partial charge in [-0.05, 0) is 12.1 Å². The van der Waals surface area contributed by atoms with Crippen LogP contribution in [0, 0.1) is 0 Å². The molecule has 0 atom stereocenters. The van der Waals surface area contributed by atoms with Crippen LogP contribution in [0.1, 0.15) is 5.56 Å². The summed E-state index contributed by atoms with van der Waals surface area (Å²) in [6.45, 7) is 3.73. The summed E-state index contributed by atoms with van der Waals surface area (Å²) in [6, 6.07) is 7.66. The molecule has 0 saturated carbocycles. The highest BCUT2D eigenvalue weighted by atomic mass is 32.1. The van der Waals surface area contributed by atoms with Gasteiger partial charge in [0.25, 0.3) is 0 Å². The first-order valence-corrected chi connectivity index (χ1v) is 3.71. The Kier molecular flexibility index (Phi) is 2.60. The highest BCUT2D eigenvalue weighted by Crippen LogP contribution is 2.14. The van der Waals surface area contributed by atoms with E-state index >= 15 is 0 Å². The molecule has 1 nitrogen and oxygen atoms in total. The summed E-state index contributed by atoms with van der Waals surface area (Å²) >= 11 is 4.16. The van der Waals surface area contributed by atoms with Crippen LogP contribution in [0.2, 0.25) is 0 Å². The number of ether oxygens (including phenoxy) is 1. The third-order valence-corrected chi connectivity index (χ3v) is 1.73. The van der Waals surface area contributed by atoms with Crippen LogP contribution in [-0.2, 0) is 4.74 Å². The SMILES string of the molecule is C=C(OC)c1ccc(S)cc1. The number of hydrogen-bond acceptors (Lipinski definition) is 2. The molecular formula is C9H10OS. The largest absolute Gasteiger partial charge is 0.497 e. The van der Waals surface area contributed by atoms with Gasteiger partial charge in [-0.3, -0.25) is 0 Å². The number of benzene rings is 1. The average Bonchev–Trinajstić information content (AvgIpc) is 2.05. The van der Waals surface area contributed by atoms with Crippen molar-refractivity contribution in [1.82, 2.24) is 0 Å². The maximum absolute atomic E-state index is 4.96. The van der Waals surface area contributed by atoms with E-state index in [9.17, 15) is 0 Å². The lowest BCUT2D eigenvalue weighted by Crippen LogP contribution is -1.83. The molecule has 11 heavy (non-hydrogen) atoms. The zero-order valence-corrected chi connectivity index (χ0v) is 7.27. The van der Waals surface area contributed by atoms with E-state index in [1.165, 1.54) is 0 Å². The highest BCUT2D eigenvalue weighted by Gasteiger charge is 1.95. The molecule has 58 valence electrons. The average molecular weight is 166 g/mol. The monoisotopic (exact) mass is 166 g/mol. The standard InChI is InChI=1S/C9H10OS/c1-7(10-2)8-3-5-9(11)6-4-8/h3-6,11H,1H2,2H3. The minimum atomic E-state index is 0.679. The van der Waals surface area contributed by atoms with Crippen molar-refractivity contribution in [3.8, 4) is 0 Å². The van der Waals surface area contributed by atoms with E-state index in [1.807, 2.05) is 24.3 Å². The molecule has 1 aromatic rings. The molecule has 0 amide bonds. The Morgan fingerprint density at radius 3 is 2.36 bits per heavy atom. The molecule has 1 aromatic carbocycles. The first-order valence-electron chi connectivity index (χ1n) is 3.26. The second kappa shape index (κ2) is 3.49. The minimum Gasteiger partial charge on any atom is -0.497 e. The molecule has 0 bridgehead atoms. The van der Waals surface area contributed by atoms with Crippen molar-refractivity contribution >= 4 is 18.4 Å². The van der Waals surface area contributed by atoms with E-state index in [-0.39, 0.29) is 0 Å². The molecule has 0 saturated heterocycles. The van der Waals surface area contributed by atoms with Crippen LogP contribution in [0.4, 0.5) is 0 Å². The van der Waals surface area contributed by atoms with Gasteiger partial charge in [0, 0.05) is 10.5 Å². The van der Waals surface area contributed by atoms with Gasteiger partial charge in [-0.15, -0.1) is 12.6 Å². The van der Waals surface area contributed by atoms with Crippen LogP contribution in [0.25, 0.3) is 5.76 Å². The molecule has 0 aromatic heterocycles. The first kappa shape index (κ1) is 8.21. The number of hydrogen-bond donors (Lipinski definition) is 1. The fourth-order valence-electron chi connectivity index (χ4n) is 0.765. The highest BCUT2D eigenvalue weighted by molar-refractivity contribution is 7.80. The van der Waals surface area contributed by atoms with Crippen molar-refractivity contribution < 1.29 is 4.74 Å². The van der Waals surface area contributed by atoms with E-state index in [0.29, 0.717) is 5.76 Å². The molecule has 0 aliphatic carbocycles. The molecule has 0 spiro atoms. The van der Waals surface area contributed by atoms with Gasteiger partial charge in [-0.2, -0.15) is 0 Å². The predicted molar refractivity (Wildman–Crippen MR) is 49.7 cm³/mol. The Balaban J connectivity index is 2.90. The summed E-state index contributed by atoms with van der Waals surface area (Å²) in [5, 5.41) is 0. The summed E-state index contributed by atoms with van der Waals surface area (Å²) in [5.74, 6) is 0.679. The van der Waals surface area contributed by atoms with Crippen LogP contribution < -0.4 is 0 Å². The fraction of sp³-hybridized carbons (Fsp3) is 0.111. The Morgan fingerprint density at radius 1 is 1.36 bits per heavy atom. The minimum absolute atomic E-state index is 0.679. The van der Waals surface area contributed by atoms with Crippen molar-refractivity contribution in [1.29, 1.82) is 0 Å². The van der Waals surface area contributed by atoms with Gasteiger partial charge in [0.2, 0.25) is 0 Å². The molecule has 1 rings (SSSR count). The lowest BCUT2D eigenvalue weighted by Gasteiger charge is -2.02. The van der Waals surface area contributed by atoms with Crippen molar-refractivity contribution in [3.63, 3.8) is 0 Å². The van der Waals surface area contributed by atoms with Crippen molar-refractivity contribution in [2.75, 3.05) is 7.11 Å². The summed E-state index contributed by atoms with van der Waals surface area (Å²) in [6.07, 6.45) is 0. The van der Waals surface area contributed by atoms with E-state index in [0.717, 1.165) is 10.5 Å². The predicted octanol–water partition coefficient (Wildman–Crippen LogP) is 2.59. The molecule has 0 aliphatic rings. The molecule has 0 radical (unpaired) electrons. The zero-order chi connectivity index (χ0) is 8.27. The van der Waals surface area contributed by atoms with Gasteiger partial charge < -0.3 is 4.74 Å². The van der Waals surface area contributed by atoms with Gasteiger partial charge in [0.15, 0.2) is 0 Å². The summed E-state index contributed by atoms with van der Waals surface area (Å²) in [5.41, 5.74) is 0.991. The third kappa shape index (κ3) is 2.02. The maximum Gasteiger partial charge on any atom is 0.118 e. The molecular weight excluding hydrogens is 156 g/mol. The third-order valence-electron chi connectivity index (χ3n) is 1.44. The van der Waals surface area contributed by atoms with Crippen LogP contribution >= 0.6 is 12.6 Å². The van der Waals surface area contributed by atoms with Gasteiger partial charge in [-0.25, -0.2) is 0 Å². The Labute approximate surface area is 72.1 Å². The number of rotatable bonds is 2. The maximum atomic E-state index is 4.96. The first-order chi connectivity index (χ1) is 5.24. The lowest BCUT2D eigenvalue weighted by atomic mass is 10.2. The molecule has 0 heterocycles. The fourth-order valence-corrected chi connectivity index (χ4v) is 0.914. The normalized spacial score (nSPS) is 9.27. The Hall–Kier alpha value is -0.890. The van der Waals surface area contributed by atoms with Crippen LogP contribution in [0.5, 0.6) is 0 Å². The van der Waals surface area contributed by atoms with Crippen molar-refractivity contribution in [2.45, 2.75) is 4.90 Å². The smallest absolute Gasteiger partial charge is 0.118 e. The molecule has 0 N–H and O–H groups in total. The lowest BCUT2D eigenvalue weighted by molar-refractivity contribution is 0.371. The second-order valence-electron chi connectivity index (χ2n) is 2.17. The van der Waals surface area contributed by atoms with Gasteiger partial charge >= 0.3 is 0 Å². The molecule has 0 unspecified atom stereocenters. The number of methoxy groups -OCH3 is 1. The summed E-state index contributed by atoms with van der Waals surface area (Å²) in [4.78, 5) is 0.942. The number of thiol groups is 1. The summed E-state index contributed by atoms with van der Waals surface area (Å²) < 4.78 is 4.96. The molecule has 0 aliphatic heterocycles. The van der Waals surface area contributed by atoms with Crippen LogP contribution in [-0.4, -0.2) is 7.11 Å². The van der Waals surface area contributed by atoms with Crippen molar-refractivity contribution in [3.05, 3.63) is 36.4 Å². The van der Waals surface area contributed by atoms with Crippen LogP contribution in [0.3, 0.4) is 0 Å². The van der Waals surface area contributed by atoms with Gasteiger partial charge in [0.1, 0.15) is 5.76 Å². The Bertz CT molecular complexity index is 251. The van der Waals surface area contributed by atoms with Crippen molar-refractivity contribution in [2.24, 2.45) is 0 Å². The summed E-state index contributed by atoms with van der Waals surface area (Å²) in [7, 11) is 1.61. The zero-order valence-electron chi connectivity index (χ0n) is 6.37. The van der Waals surface area contributed by atoms with E-state index < -0.39 is 0 Å². The van der Waals surface area contributed by atoms with Gasteiger partial charge in [0.05, 0.1) is 7.11 Å². The second-order valence-corrected chi connectivity index (χ2v) is 2.69. The molecule has 0 fully saturated rings. The van der Waals surface area contributed by atoms with E-state index in [4.69, 9.17) is 4.74 Å². The van der Waals surface area contributed by atoms with Gasteiger partial charge in [-0.1, -0.05) is 18.7 Å². The molecule has 2 heteroatoms.